The van der Waals surface area contributed by atoms with Crippen LogP contribution in [0.5, 0.6) is 0 Å². The van der Waals surface area contributed by atoms with Crippen molar-refractivity contribution in [3.05, 3.63) is 41.3 Å². The minimum atomic E-state index is -3.64. The van der Waals surface area contributed by atoms with Gasteiger partial charge in [0.2, 0.25) is 5.91 Å². The van der Waals surface area contributed by atoms with E-state index in [1.54, 1.807) is 43.4 Å². The second kappa shape index (κ2) is 5.87. The molecular weight excluding hydrogens is 308 g/mol. The van der Waals surface area contributed by atoms with E-state index >= 15 is 0 Å². The molecule has 1 aromatic heterocycles. The van der Waals surface area contributed by atoms with E-state index in [9.17, 15) is 13.2 Å². The average Bonchev–Trinajstić information content (AvgIpc) is 2.85. The molecule has 21 heavy (non-hydrogen) atoms. The van der Waals surface area contributed by atoms with Crippen LogP contribution in [0.15, 0.2) is 40.6 Å². The molecule has 2 rings (SSSR count). The van der Waals surface area contributed by atoms with Crippen LogP contribution in [-0.2, 0) is 14.8 Å². The number of nitrogens with one attached hydrogen (secondary N) is 1. The van der Waals surface area contributed by atoms with E-state index in [-0.39, 0.29) is 10.1 Å². The van der Waals surface area contributed by atoms with Crippen molar-refractivity contribution < 1.29 is 13.2 Å². The molecule has 5 nitrogen and oxygen atoms in total. The van der Waals surface area contributed by atoms with E-state index in [0.717, 1.165) is 4.88 Å². The van der Waals surface area contributed by atoms with E-state index in [4.69, 9.17) is 0 Å². The summed E-state index contributed by atoms with van der Waals surface area (Å²) in [5, 5.41) is 0. The number of sulfonamides is 1. The van der Waals surface area contributed by atoms with Gasteiger partial charge in [-0.1, -0.05) is 12.1 Å². The Hall–Kier alpha value is -1.86. The van der Waals surface area contributed by atoms with Crippen molar-refractivity contribution in [2.75, 3.05) is 16.7 Å². The maximum atomic E-state index is 12.4. The van der Waals surface area contributed by atoms with Crippen LogP contribution in [-0.4, -0.2) is 21.4 Å². The lowest BCUT2D eigenvalue weighted by Crippen LogP contribution is -2.24. The van der Waals surface area contributed by atoms with Crippen LogP contribution in [0, 0.1) is 6.92 Å². The Morgan fingerprint density at radius 3 is 2.43 bits per heavy atom. The van der Waals surface area contributed by atoms with Gasteiger partial charge in [-0.3, -0.25) is 9.52 Å². The number of carbonyl (C=O) groups excluding carboxylic acids is 1. The fourth-order valence-electron chi connectivity index (χ4n) is 1.77. The second-order valence-electron chi connectivity index (χ2n) is 4.57. The summed E-state index contributed by atoms with van der Waals surface area (Å²) in [7, 11) is -2.04. The molecule has 0 spiro atoms. The summed E-state index contributed by atoms with van der Waals surface area (Å²) in [6.07, 6.45) is 0. The molecule has 2 aromatic rings. The highest BCUT2D eigenvalue weighted by Gasteiger charge is 2.19. The number of anilines is 2. The summed E-state index contributed by atoms with van der Waals surface area (Å²) in [5.74, 6) is -0.173. The third-order valence-corrected chi connectivity index (χ3v) is 5.82. The molecule has 1 N–H and O–H groups in total. The summed E-state index contributed by atoms with van der Waals surface area (Å²) in [6, 6.07) is 10.1. The van der Waals surface area contributed by atoms with Crippen molar-refractivity contribution in [1.29, 1.82) is 0 Å². The summed E-state index contributed by atoms with van der Waals surface area (Å²) in [6.45, 7) is 3.27. The lowest BCUT2D eigenvalue weighted by molar-refractivity contribution is -0.116. The molecule has 7 heteroatoms. The molecule has 0 aliphatic carbocycles. The summed E-state index contributed by atoms with van der Waals surface area (Å²) < 4.78 is 27.5. The molecule has 0 radical (unpaired) electrons. The molecule has 0 bridgehead atoms. The van der Waals surface area contributed by atoms with Gasteiger partial charge in [0.1, 0.15) is 4.21 Å². The van der Waals surface area contributed by atoms with E-state index in [2.05, 4.69) is 4.72 Å². The first-order chi connectivity index (χ1) is 9.81. The van der Waals surface area contributed by atoms with E-state index < -0.39 is 10.0 Å². The highest BCUT2D eigenvalue weighted by atomic mass is 32.2. The standard InChI is InChI=1S/C14H16N2O3S2/c1-10-8-9-14(20-10)21(18,19)15-12-6-4-5-7-13(12)16(3)11(2)17/h4-9,15H,1-3H3. The third kappa shape index (κ3) is 3.43. The molecule has 1 heterocycles. The lowest BCUT2D eigenvalue weighted by Gasteiger charge is -2.19. The maximum Gasteiger partial charge on any atom is 0.271 e. The monoisotopic (exact) mass is 324 g/mol. The second-order valence-corrected chi connectivity index (χ2v) is 7.76. The zero-order valence-corrected chi connectivity index (χ0v) is 13.6. The topological polar surface area (TPSA) is 66.5 Å². The summed E-state index contributed by atoms with van der Waals surface area (Å²) in [5.41, 5.74) is 0.892. The van der Waals surface area contributed by atoms with E-state index in [0.29, 0.717) is 11.4 Å². The highest BCUT2D eigenvalue weighted by molar-refractivity contribution is 7.94. The first kappa shape index (κ1) is 15.5. The van der Waals surface area contributed by atoms with Gasteiger partial charge < -0.3 is 4.90 Å². The Bertz CT molecular complexity index is 766. The van der Waals surface area contributed by atoms with Gasteiger partial charge in [-0.2, -0.15) is 0 Å². The largest absolute Gasteiger partial charge is 0.314 e. The van der Waals surface area contributed by atoms with Crippen LogP contribution in [0.4, 0.5) is 11.4 Å². The van der Waals surface area contributed by atoms with Gasteiger partial charge in [0.05, 0.1) is 11.4 Å². The Balaban J connectivity index is 2.38. The van der Waals surface area contributed by atoms with Crippen molar-refractivity contribution in [1.82, 2.24) is 0 Å². The van der Waals surface area contributed by atoms with Crippen LogP contribution in [0.1, 0.15) is 11.8 Å². The predicted octanol–water partition coefficient (Wildman–Crippen LogP) is 2.84. The van der Waals surface area contributed by atoms with Gasteiger partial charge in [-0.05, 0) is 31.2 Å². The lowest BCUT2D eigenvalue weighted by atomic mass is 10.2. The van der Waals surface area contributed by atoms with Gasteiger partial charge in [0.15, 0.2) is 0 Å². The predicted molar refractivity (Wildman–Crippen MR) is 85.4 cm³/mol. The van der Waals surface area contributed by atoms with Crippen molar-refractivity contribution in [3.63, 3.8) is 0 Å². The number of hydrogen-bond donors (Lipinski definition) is 1. The first-order valence-corrected chi connectivity index (χ1v) is 8.54. The Kier molecular flexibility index (Phi) is 4.34. The fraction of sp³-hybridized carbons (Fsp3) is 0.214. The molecule has 0 saturated heterocycles. The molecule has 1 aromatic carbocycles. The molecule has 0 atom stereocenters. The van der Waals surface area contributed by atoms with E-state index in [1.807, 2.05) is 6.92 Å². The normalized spacial score (nSPS) is 11.2. The maximum absolute atomic E-state index is 12.4. The molecule has 0 aliphatic rings. The van der Waals surface area contributed by atoms with Crippen molar-refractivity contribution >= 4 is 38.6 Å². The van der Waals surface area contributed by atoms with Crippen LogP contribution in [0.25, 0.3) is 0 Å². The smallest absolute Gasteiger partial charge is 0.271 e. The SMILES string of the molecule is CC(=O)N(C)c1ccccc1NS(=O)(=O)c1ccc(C)s1. The fourth-order valence-corrected chi connectivity index (χ4v) is 4.13. The Morgan fingerprint density at radius 1 is 1.19 bits per heavy atom. The number of para-hydroxylation sites is 2. The van der Waals surface area contributed by atoms with E-state index in [1.165, 1.54) is 23.2 Å². The van der Waals surface area contributed by atoms with Gasteiger partial charge in [0.25, 0.3) is 10.0 Å². The highest BCUT2D eigenvalue weighted by Crippen LogP contribution is 2.29. The summed E-state index contributed by atoms with van der Waals surface area (Å²) in [4.78, 5) is 13.8. The van der Waals surface area contributed by atoms with Crippen molar-refractivity contribution in [2.45, 2.75) is 18.1 Å². The molecule has 1 amide bonds. The number of rotatable bonds is 4. The molecule has 112 valence electrons. The minimum Gasteiger partial charge on any atom is -0.314 e. The average molecular weight is 324 g/mol. The molecule has 0 aliphatic heterocycles. The number of amides is 1. The van der Waals surface area contributed by atoms with Crippen LogP contribution in [0.3, 0.4) is 0 Å². The molecule has 0 saturated carbocycles. The van der Waals surface area contributed by atoms with Gasteiger partial charge in [0, 0.05) is 18.8 Å². The molecular formula is C14H16N2O3S2. The summed E-state index contributed by atoms with van der Waals surface area (Å²) >= 11 is 1.20. The Morgan fingerprint density at radius 2 is 1.86 bits per heavy atom. The molecule has 0 fully saturated rings. The van der Waals surface area contributed by atoms with Crippen molar-refractivity contribution in [3.8, 4) is 0 Å². The zero-order valence-electron chi connectivity index (χ0n) is 12.0. The van der Waals surface area contributed by atoms with Crippen molar-refractivity contribution in [2.24, 2.45) is 0 Å². The molecule has 0 unspecified atom stereocenters. The number of benzene rings is 1. The minimum absolute atomic E-state index is 0.173. The van der Waals surface area contributed by atoms with Crippen LogP contribution < -0.4 is 9.62 Å². The van der Waals surface area contributed by atoms with Crippen LogP contribution in [0.2, 0.25) is 0 Å². The first-order valence-electron chi connectivity index (χ1n) is 6.24. The third-order valence-electron chi connectivity index (χ3n) is 2.96. The number of nitrogens with zero attached hydrogens (tertiary/aromatic N) is 1. The van der Waals surface area contributed by atoms with Gasteiger partial charge in [-0.25, -0.2) is 8.42 Å². The van der Waals surface area contributed by atoms with Gasteiger partial charge in [-0.15, -0.1) is 11.3 Å². The van der Waals surface area contributed by atoms with Gasteiger partial charge >= 0.3 is 0 Å². The zero-order chi connectivity index (χ0) is 15.6. The number of hydrogen-bond acceptors (Lipinski definition) is 4. The number of aryl methyl sites for hydroxylation is 1. The quantitative estimate of drug-likeness (QED) is 0.940. The number of thiophene rings is 1. The van der Waals surface area contributed by atoms with Crippen LogP contribution >= 0.6 is 11.3 Å². The Labute approximate surface area is 128 Å². The number of carbonyl (C=O) groups is 1.